The van der Waals surface area contributed by atoms with Crippen molar-refractivity contribution in [3.63, 3.8) is 0 Å². The van der Waals surface area contributed by atoms with Crippen LogP contribution in [-0.2, 0) is 4.79 Å². The van der Waals surface area contributed by atoms with Crippen LogP contribution < -0.4 is 4.74 Å². The van der Waals surface area contributed by atoms with E-state index < -0.39 is 5.97 Å². The van der Waals surface area contributed by atoms with Crippen molar-refractivity contribution >= 4 is 17.6 Å². The van der Waals surface area contributed by atoms with Gasteiger partial charge in [0.15, 0.2) is 0 Å². The first-order valence-electron chi connectivity index (χ1n) is 6.09. The van der Waals surface area contributed by atoms with E-state index in [4.69, 9.17) is 21.4 Å². The fourth-order valence-electron chi connectivity index (χ4n) is 2.43. The number of aliphatic carboxylic acids is 1. The molecule has 0 radical (unpaired) electrons. The summed E-state index contributed by atoms with van der Waals surface area (Å²) in [6.45, 7) is 2.09. The van der Waals surface area contributed by atoms with Gasteiger partial charge in [-0.2, -0.15) is 0 Å². The van der Waals surface area contributed by atoms with E-state index in [0.717, 1.165) is 24.2 Å². The summed E-state index contributed by atoms with van der Waals surface area (Å²) < 4.78 is 5.11. The van der Waals surface area contributed by atoms with Crippen molar-refractivity contribution in [3.8, 4) is 5.75 Å². The summed E-state index contributed by atoms with van der Waals surface area (Å²) in [4.78, 5) is 10.8. The quantitative estimate of drug-likeness (QED) is 0.888. The van der Waals surface area contributed by atoms with Crippen molar-refractivity contribution < 1.29 is 14.6 Å². The first-order valence-corrected chi connectivity index (χ1v) is 6.47. The van der Waals surface area contributed by atoms with E-state index in [0.29, 0.717) is 10.9 Å². The maximum absolute atomic E-state index is 10.8. The van der Waals surface area contributed by atoms with Crippen LogP contribution in [0.4, 0.5) is 0 Å². The molecular formula is C14H17ClO3. The monoisotopic (exact) mass is 268 g/mol. The third-order valence-corrected chi connectivity index (χ3v) is 3.96. The van der Waals surface area contributed by atoms with Gasteiger partial charge in [0, 0.05) is 5.02 Å². The van der Waals surface area contributed by atoms with E-state index in [-0.39, 0.29) is 11.8 Å². The van der Waals surface area contributed by atoms with Crippen molar-refractivity contribution in [2.75, 3.05) is 7.11 Å². The first kappa shape index (κ1) is 13.2. The maximum atomic E-state index is 10.8. The Morgan fingerprint density at radius 2 is 2.33 bits per heavy atom. The predicted molar refractivity (Wildman–Crippen MR) is 70.3 cm³/mol. The highest BCUT2D eigenvalue weighted by Gasteiger charge is 2.43. The summed E-state index contributed by atoms with van der Waals surface area (Å²) >= 11 is 6.21. The number of halogens is 1. The number of hydrogen-bond donors (Lipinski definition) is 1. The van der Waals surface area contributed by atoms with Gasteiger partial charge in [-0.25, -0.2) is 0 Å². The highest BCUT2D eigenvalue weighted by Crippen LogP contribution is 2.46. The summed E-state index contributed by atoms with van der Waals surface area (Å²) in [6, 6.07) is 5.65. The number of hydrogen-bond acceptors (Lipinski definition) is 2. The molecule has 0 saturated heterocycles. The average molecular weight is 269 g/mol. The van der Waals surface area contributed by atoms with E-state index in [1.807, 2.05) is 12.1 Å². The minimum atomic E-state index is -0.673. The van der Waals surface area contributed by atoms with Gasteiger partial charge < -0.3 is 9.84 Å². The Labute approximate surface area is 112 Å². The Morgan fingerprint density at radius 1 is 1.61 bits per heavy atom. The Balaban J connectivity index is 2.01. The van der Waals surface area contributed by atoms with Gasteiger partial charge >= 0.3 is 5.97 Å². The molecule has 0 heterocycles. The number of rotatable bonds is 5. The Kier molecular flexibility index (Phi) is 3.81. The molecule has 4 heteroatoms. The van der Waals surface area contributed by atoms with Gasteiger partial charge in [0.2, 0.25) is 0 Å². The van der Waals surface area contributed by atoms with E-state index in [1.54, 1.807) is 13.2 Å². The summed E-state index contributed by atoms with van der Waals surface area (Å²) in [5.41, 5.74) is 1.06. The minimum Gasteiger partial charge on any atom is -0.497 e. The molecule has 1 aliphatic rings. The van der Waals surface area contributed by atoms with Gasteiger partial charge in [0.05, 0.1) is 13.0 Å². The van der Waals surface area contributed by atoms with Gasteiger partial charge in [0.1, 0.15) is 5.75 Å². The summed E-state index contributed by atoms with van der Waals surface area (Å²) in [5.74, 6) is 0.497. The van der Waals surface area contributed by atoms with Crippen LogP contribution in [0.1, 0.15) is 31.2 Å². The van der Waals surface area contributed by atoms with E-state index in [1.165, 1.54) is 0 Å². The second kappa shape index (κ2) is 5.19. The summed E-state index contributed by atoms with van der Waals surface area (Å²) in [7, 11) is 1.61. The van der Waals surface area contributed by atoms with Gasteiger partial charge in [-0.3, -0.25) is 4.79 Å². The Hall–Kier alpha value is -1.22. The van der Waals surface area contributed by atoms with Crippen molar-refractivity contribution in [1.29, 1.82) is 0 Å². The number of ether oxygens (including phenoxy) is 1. The third-order valence-electron chi connectivity index (χ3n) is 3.63. The van der Waals surface area contributed by atoms with Crippen LogP contribution in [0.5, 0.6) is 5.75 Å². The second-order valence-corrected chi connectivity index (χ2v) is 5.37. The number of benzene rings is 1. The molecule has 0 aromatic heterocycles. The Morgan fingerprint density at radius 3 is 2.83 bits per heavy atom. The molecule has 1 saturated carbocycles. The van der Waals surface area contributed by atoms with Crippen LogP contribution in [0, 0.1) is 11.8 Å². The minimum absolute atomic E-state index is 0.149. The lowest BCUT2D eigenvalue weighted by atomic mass is 9.94. The second-order valence-electron chi connectivity index (χ2n) is 4.96. The van der Waals surface area contributed by atoms with Gasteiger partial charge in [0.25, 0.3) is 0 Å². The molecule has 0 spiro atoms. The average Bonchev–Trinajstić information content (AvgIpc) is 3.08. The lowest BCUT2D eigenvalue weighted by Gasteiger charge is -2.14. The molecule has 0 amide bonds. The maximum Gasteiger partial charge on any atom is 0.306 e. The molecule has 2 rings (SSSR count). The molecule has 3 unspecified atom stereocenters. The van der Waals surface area contributed by atoms with Crippen LogP contribution >= 0.6 is 11.6 Å². The van der Waals surface area contributed by atoms with E-state index in [9.17, 15) is 4.79 Å². The first-order chi connectivity index (χ1) is 8.52. The lowest BCUT2D eigenvalue weighted by Crippen LogP contribution is -2.02. The third kappa shape index (κ3) is 2.78. The highest BCUT2D eigenvalue weighted by molar-refractivity contribution is 6.31. The molecule has 1 aromatic carbocycles. The fourth-order valence-corrected chi connectivity index (χ4v) is 2.78. The van der Waals surface area contributed by atoms with E-state index >= 15 is 0 Å². The molecule has 98 valence electrons. The molecule has 1 aromatic rings. The summed E-state index contributed by atoms with van der Waals surface area (Å²) in [6.07, 6.45) is 1.68. The molecule has 0 bridgehead atoms. The van der Waals surface area contributed by atoms with Crippen molar-refractivity contribution in [2.24, 2.45) is 11.8 Å². The molecule has 18 heavy (non-hydrogen) atoms. The zero-order valence-corrected chi connectivity index (χ0v) is 11.3. The molecule has 1 N–H and O–H groups in total. The van der Waals surface area contributed by atoms with Crippen LogP contribution in [0.2, 0.25) is 5.02 Å². The fraction of sp³-hybridized carbons (Fsp3) is 0.500. The normalized spacial score (nSPS) is 23.5. The number of carboxylic acid groups (broad SMARTS) is 1. The largest absolute Gasteiger partial charge is 0.497 e. The lowest BCUT2D eigenvalue weighted by molar-refractivity contribution is -0.138. The molecule has 3 nitrogen and oxygen atoms in total. The van der Waals surface area contributed by atoms with Gasteiger partial charge in [-0.05, 0) is 42.4 Å². The summed E-state index contributed by atoms with van der Waals surface area (Å²) in [5, 5.41) is 9.58. The molecule has 0 aliphatic heterocycles. The predicted octanol–water partition coefficient (Wildman–Crippen LogP) is 3.56. The van der Waals surface area contributed by atoms with Gasteiger partial charge in [-0.1, -0.05) is 24.6 Å². The highest BCUT2D eigenvalue weighted by atomic mass is 35.5. The topological polar surface area (TPSA) is 46.5 Å². The van der Waals surface area contributed by atoms with Crippen molar-refractivity contribution in [2.45, 2.75) is 25.7 Å². The van der Waals surface area contributed by atoms with E-state index in [2.05, 4.69) is 6.92 Å². The number of carbonyl (C=O) groups is 1. The van der Waals surface area contributed by atoms with Crippen molar-refractivity contribution in [1.82, 2.24) is 0 Å². The zero-order chi connectivity index (χ0) is 13.3. The smallest absolute Gasteiger partial charge is 0.306 e. The van der Waals surface area contributed by atoms with Crippen LogP contribution in [0.25, 0.3) is 0 Å². The number of methoxy groups -OCH3 is 1. The molecule has 1 fully saturated rings. The molecular weight excluding hydrogens is 252 g/mol. The van der Waals surface area contributed by atoms with Crippen LogP contribution in [-0.4, -0.2) is 18.2 Å². The molecule has 3 atom stereocenters. The van der Waals surface area contributed by atoms with Crippen molar-refractivity contribution in [3.05, 3.63) is 28.8 Å². The standard InChI is InChI=1S/C14H17ClO3/c1-8(5-9-6-12(9)14(16)17)11-4-3-10(18-2)7-13(11)15/h3-4,7-9,12H,5-6H2,1-2H3,(H,16,17). The SMILES string of the molecule is COc1ccc(C(C)CC2CC2C(=O)O)c(Cl)c1. The zero-order valence-electron chi connectivity index (χ0n) is 10.5. The van der Waals surface area contributed by atoms with Crippen LogP contribution in [0.15, 0.2) is 18.2 Å². The number of carboxylic acids is 1. The molecule has 1 aliphatic carbocycles. The Bertz CT molecular complexity index is 458. The van der Waals surface area contributed by atoms with Crippen LogP contribution in [0.3, 0.4) is 0 Å². The van der Waals surface area contributed by atoms with Gasteiger partial charge in [-0.15, -0.1) is 0 Å².